The van der Waals surface area contributed by atoms with E-state index in [1.807, 2.05) is 36.4 Å². The lowest BCUT2D eigenvalue weighted by molar-refractivity contribution is -0.121. The van der Waals surface area contributed by atoms with E-state index in [2.05, 4.69) is 42.5 Å². The molecule has 0 unspecified atom stereocenters. The van der Waals surface area contributed by atoms with Crippen LogP contribution in [0.15, 0.2) is 63.5 Å². The third-order valence-electron chi connectivity index (χ3n) is 3.62. The van der Waals surface area contributed by atoms with Crippen molar-refractivity contribution >= 4 is 83.2 Å². The van der Waals surface area contributed by atoms with E-state index in [0.29, 0.717) is 16.5 Å². The Balaban J connectivity index is 1.57. The maximum atomic E-state index is 12.1. The van der Waals surface area contributed by atoms with Crippen molar-refractivity contribution in [2.75, 3.05) is 11.9 Å². The van der Waals surface area contributed by atoms with E-state index in [1.165, 1.54) is 0 Å². The fraction of sp³-hybridized carbons (Fsp3) is 0.0526. The van der Waals surface area contributed by atoms with Crippen LogP contribution in [0.3, 0.4) is 0 Å². The summed E-state index contributed by atoms with van der Waals surface area (Å²) < 4.78 is 7.20. The van der Waals surface area contributed by atoms with Gasteiger partial charge in [-0.25, -0.2) is 0 Å². The number of ether oxygens (including phenoxy) is 1. The number of hydrogen-bond donors (Lipinski definition) is 2. The Kier molecular flexibility index (Phi) is 6.70. The molecule has 0 aromatic heterocycles. The number of anilines is 1. The fourth-order valence-electron chi connectivity index (χ4n) is 2.37. The van der Waals surface area contributed by atoms with E-state index in [4.69, 9.17) is 28.6 Å². The van der Waals surface area contributed by atoms with Gasteiger partial charge in [-0.15, -0.1) is 0 Å². The van der Waals surface area contributed by atoms with Crippen LogP contribution in [0.5, 0.6) is 5.75 Å². The molecule has 0 heterocycles. The first-order valence-corrected chi connectivity index (χ1v) is 10.2. The van der Waals surface area contributed by atoms with Crippen molar-refractivity contribution < 1.29 is 9.53 Å². The lowest BCUT2D eigenvalue weighted by atomic mass is 10.1. The van der Waals surface area contributed by atoms with Gasteiger partial charge in [0.25, 0.3) is 5.91 Å². The Morgan fingerprint density at radius 3 is 2.67 bits per heavy atom. The van der Waals surface area contributed by atoms with E-state index in [-0.39, 0.29) is 17.6 Å². The van der Waals surface area contributed by atoms with Crippen LogP contribution >= 0.6 is 55.7 Å². The van der Waals surface area contributed by atoms with Gasteiger partial charge in [-0.3, -0.25) is 10.1 Å². The Morgan fingerprint density at radius 1 is 1.11 bits per heavy atom. The summed E-state index contributed by atoms with van der Waals surface area (Å²) in [5.74, 6) is 0.221. The maximum absolute atomic E-state index is 12.1. The number of carbonyl (C=O) groups is 1. The molecule has 2 N–H and O–H groups in total. The molecule has 0 atom stereocenters. The molecule has 0 aliphatic rings. The van der Waals surface area contributed by atoms with Crippen LogP contribution in [0.2, 0.25) is 5.02 Å². The number of benzene rings is 3. The molecule has 0 aliphatic carbocycles. The van der Waals surface area contributed by atoms with Crippen molar-refractivity contribution in [3.63, 3.8) is 0 Å². The smallest absolute Gasteiger partial charge is 0.264 e. The van der Waals surface area contributed by atoms with E-state index < -0.39 is 0 Å². The molecule has 3 aromatic carbocycles. The second-order valence-corrected chi connectivity index (χ2v) is 7.98. The predicted octanol–water partition coefficient (Wildman–Crippen LogP) is 5.91. The molecule has 3 rings (SSSR count). The number of nitrogens with one attached hydrogen (secondary N) is 2. The van der Waals surface area contributed by atoms with Crippen molar-refractivity contribution in [2.24, 2.45) is 0 Å². The lowest BCUT2D eigenvalue weighted by Crippen LogP contribution is -2.37. The zero-order chi connectivity index (χ0) is 19.4. The predicted molar refractivity (Wildman–Crippen MR) is 121 cm³/mol. The summed E-state index contributed by atoms with van der Waals surface area (Å²) in [5.41, 5.74) is 0.673. The van der Waals surface area contributed by atoms with Gasteiger partial charge in [0.15, 0.2) is 11.7 Å². The molecule has 3 aromatic rings. The van der Waals surface area contributed by atoms with E-state index in [9.17, 15) is 4.79 Å². The minimum atomic E-state index is -0.365. The number of carbonyl (C=O) groups excluding carboxylic acids is 1. The van der Waals surface area contributed by atoms with Gasteiger partial charge >= 0.3 is 0 Å². The minimum absolute atomic E-state index is 0.166. The lowest BCUT2D eigenvalue weighted by Gasteiger charge is -2.12. The standard InChI is InChI=1S/C19H13Br2ClN2O2S/c20-14-7-6-12(9-15(14)22)23-19(27)24-17(25)10-26-16-8-5-11-3-1-2-4-13(11)18(16)21/h1-9H,10H2,(H2,23,24,25,27). The van der Waals surface area contributed by atoms with Gasteiger partial charge in [0.2, 0.25) is 0 Å². The summed E-state index contributed by atoms with van der Waals surface area (Å²) in [6, 6.07) is 16.9. The van der Waals surface area contributed by atoms with Crippen LogP contribution in [0, 0.1) is 0 Å². The van der Waals surface area contributed by atoms with E-state index in [1.54, 1.807) is 18.2 Å². The van der Waals surface area contributed by atoms with Gasteiger partial charge in [0, 0.05) is 10.2 Å². The summed E-state index contributed by atoms with van der Waals surface area (Å²) in [6.07, 6.45) is 0. The summed E-state index contributed by atoms with van der Waals surface area (Å²) in [7, 11) is 0. The van der Waals surface area contributed by atoms with E-state index >= 15 is 0 Å². The molecule has 0 saturated heterocycles. The van der Waals surface area contributed by atoms with Crippen LogP contribution in [-0.2, 0) is 4.79 Å². The molecule has 0 bridgehead atoms. The summed E-state index contributed by atoms with van der Waals surface area (Å²) in [4.78, 5) is 12.1. The normalized spacial score (nSPS) is 10.5. The van der Waals surface area contributed by atoms with Crippen LogP contribution < -0.4 is 15.4 Å². The van der Waals surface area contributed by atoms with Crippen LogP contribution in [0.4, 0.5) is 5.69 Å². The topological polar surface area (TPSA) is 50.4 Å². The number of amides is 1. The minimum Gasteiger partial charge on any atom is -0.483 e. The molecular weight excluding hydrogens is 516 g/mol. The molecule has 0 fully saturated rings. The molecular formula is C19H13Br2ClN2O2S. The number of thiocarbonyl (C=S) groups is 1. The monoisotopic (exact) mass is 526 g/mol. The second-order valence-electron chi connectivity index (χ2n) is 5.52. The highest BCUT2D eigenvalue weighted by molar-refractivity contribution is 9.11. The molecule has 8 heteroatoms. The van der Waals surface area contributed by atoms with Crippen molar-refractivity contribution in [3.8, 4) is 5.75 Å². The average molecular weight is 529 g/mol. The zero-order valence-corrected chi connectivity index (χ0v) is 18.5. The molecule has 4 nitrogen and oxygen atoms in total. The Bertz CT molecular complexity index is 1030. The third-order valence-corrected chi connectivity index (χ3v) is 5.87. The zero-order valence-electron chi connectivity index (χ0n) is 13.8. The molecule has 27 heavy (non-hydrogen) atoms. The van der Waals surface area contributed by atoms with Gasteiger partial charge in [-0.1, -0.05) is 41.9 Å². The van der Waals surface area contributed by atoms with Gasteiger partial charge in [0.05, 0.1) is 9.50 Å². The number of halogens is 3. The van der Waals surface area contributed by atoms with Gasteiger partial charge in [0.1, 0.15) is 5.75 Å². The van der Waals surface area contributed by atoms with Crippen LogP contribution in [0.1, 0.15) is 0 Å². The fourth-order valence-corrected chi connectivity index (χ4v) is 3.63. The molecule has 0 saturated carbocycles. The Hall–Kier alpha value is -1.67. The first-order valence-electron chi connectivity index (χ1n) is 7.80. The largest absolute Gasteiger partial charge is 0.483 e. The number of hydrogen-bond acceptors (Lipinski definition) is 3. The quantitative estimate of drug-likeness (QED) is 0.414. The highest BCUT2D eigenvalue weighted by atomic mass is 79.9. The molecule has 0 aliphatic heterocycles. The van der Waals surface area contributed by atoms with Crippen LogP contribution in [-0.4, -0.2) is 17.6 Å². The van der Waals surface area contributed by atoms with Gasteiger partial charge in [-0.2, -0.15) is 0 Å². The molecule has 1 amide bonds. The summed E-state index contributed by atoms with van der Waals surface area (Å²) >= 11 is 18.0. The highest BCUT2D eigenvalue weighted by Crippen LogP contribution is 2.33. The van der Waals surface area contributed by atoms with Crippen molar-refractivity contribution in [1.29, 1.82) is 0 Å². The first kappa shape index (κ1) is 20.1. The second kappa shape index (κ2) is 9.01. The maximum Gasteiger partial charge on any atom is 0.264 e. The SMILES string of the molecule is O=C(COc1ccc2ccccc2c1Br)NC(=S)Nc1ccc(Br)c(Cl)c1. The van der Waals surface area contributed by atoms with Crippen molar-refractivity contribution in [3.05, 3.63) is 68.6 Å². The van der Waals surface area contributed by atoms with Crippen LogP contribution in [0.25, 0.3) is 10.8 Å². The van der Waals surface area contributed by atoms with Gasteiger partial charge < -0.3 is 10.1 Å². The summed E-state index contributed by atoms with van der Waals surface area (Å²) in [6.45, 7) is -0.167. The molecule has 0 radical (unpaired) electrons. The highest BCUT2D eigenvalue weighted by Gasteiger charge is 2.10. The summed E-state index contributed by atoms with van der Waals surface area (Å²) in [5, 5.41) is 8.28. The van der Waals surface area contributed by atoms with E-state index in [0.717, 1.165) is 19.7 Å². The number of fused-ring (bicyclic) bond motifs is 1. The molecule has 0 spiro atoms. The third kappa shape index (κ3) is 5.19. The molecule has 138 valence electrons. The van der Waals surface area contributed by atoms with Crippen molar-refractivity contribution in [2.45, 2.75) is 0 Å². The first-order chi connectivity index (χ1) is 12.9. The van der Waals surface area contributed by atoms with Gasteiger partial charge in [-0.05, 0) is 79.1 Å². The Labute approximate surface area is 183 Å². The average Bonchev–Trinajstić information content (AvgIpc) is 2.64. The Morgan fingerprint density at radius 2 is 1.89 bits per heavy atom. The number of rotatable bonds is 4. The van der Waals surface area contributed by atoms with Crippen molar-refractivity contribution in [1.82, 2.24) is 5.32 Å².